The maximum Gasteiger partial charge on any atom is 0.332 e. The van der Waals surface area contributed by atoms with Crippen molar-refractivity contribution in [2.24, 2.45) is 5.73 Å². The largest absolute Gasteiger partial charge is 0.493 e. The number of para-hydroxylation sites is 1. The van der Waals surface area contributed by atoms with E-state index in [2.05, 4.69) is 15.0 Å². The van der Waals surface area contributed by atoms with E-state index < -0.39 is 11.6 Å². The molecule has 4 rings (SSSR count). The number of aryl methyl sites for hydroxylation is 2. The van der Waals surface area contributed by atoms with Crippen LogP contribution < -0.4 is 20.9 Å². The standard InChI is InChI=1S/C22H21N5O4/c1-11-8-9-13(10-12(11)2)27-21-17(25-22(27)29)16(19(23)28)24-20(26-21)14-6-5-7-15(30-3)18(14)31-4/h5-10H,1-4H3,(H2,23,28)(H,25,29). The number of nitrogens with one attached hydrogen (secondary N) is 1. The molecule has 9 heteroatoms. The van der Waals surface area contributed by atoms with Crippen molar-refractivity contribution < 1.29 is 14.3 Å². The number of fused-ring (bicyclic) bond motifs is 1. The van der Waals surface area contributed by atoms with Gasteiger partial charge in [0.05, 0.1) is 25.5 Å². The highest BCUT2D eigenvalue weighted by Crippen LogP contribution is 2.37. The second kappa shape index (κ2) is 7.60. The van der Waals surface area contributed by atoms with E-state index in [1.54, 1.807) is 18.2 Å². The summed E-state index contributed by atoms with van der Waals surface area (Å²) in [5, 5.41) is 0. The van der Waals surface area contributed by atoms with Crippen molar-refractivity contribution in [3.63, 3.8) is 0 Å². The lowest BCUT2D eigenvalue weighted by Crippen LogP contribution is -2.15. The molecule has 2 aromatic heterocycles. The van der Waals surface area contributed by atoms with Crippen LogP contribution in [0.1, 0.15) is 21.6 Å². The molecule has 0 aliphatic carbocycles. The number of methoxy groups -OCH3 is 2. The van der Waals surface area contributed by atoms with Crippen LogP contribution in [0.15, 0.2) is 41.2 Å². The van der Waals surface area contributed by atoms with E-state index in [0.717, 1.165) is 11.1 Å². The Balaban J connectivity index is 2.08. The predicted molar refractivity (Wildman–Crippen MR) is 116 cm³/mol. The molecule has 0 aliphatic rings. The minimum Gasteiger partial charge on any atom is -0.493 e. The third-order valence-electron chi connectivity index (χ3n) is 5.16. The van der Waals surface area contributed by atoms with E-state index in [9.17, 15) is 9.59 Å². The minimum atomic E-state index is -0.788. The van der Waals surface area contributed by atoms with Crippen molar-refractivity contribution in [2.45, 2.75) is 13.8 Å². The zero-order valence-electron chi connectivity index (χ0n) is 17.5. The molecular formula is C22H21N5O4. The van der Waals surface area contributed by atoms with Gasteiger partial charge in [0.15, 0.2) is 28.7 Å². The third kappa shape index (κ3) is 3.29. The lowest BCUT2D eigenvalue weighted by atomic mass is 10.1. The number of H-pyrrole nitrogens is 1. The highest BCUT2D eigenvalue weighted by Gasteiger charge is 2.22. The molecule has 0 radical (unpaired) electrons. The van der Waals surface area contributed by atoms with Crippen LogP contribution in [0.5, 0.6) is 11.5 Å². The van der Waals surface area contributed by atoms with Crippen molar-refractivity contribution in [2.75, 3.05) is 14.2 Å². The second-order valence-electron chi connectivity index (χ2n) is 7.03. The molecule has 31 heavy (non-hydrogen) atoms. The van der Waals surface area contributed by atoms with Gasteiger partial charge in [-0.1, -0.05) is 12.1 Å². The maximum absolute atomic E-state index is 12.8. The average molecular weight is 419 g/mol. The first-order chi connectivity index (χ1) is 14.8. The summed E-state index contributed by atoms with van der Waals surface area (Å²) in [6.07, 6.45) is 0. The highest BCUT2D eigenvalue weighted by molar-refractivity contribution is 6.02. The summed E-state index contributed by atoms with van der Waals surface area (Å²) in [6.45, 7) is 3.94. The zero-order chi connectivity index (χ0) is 22.3. The molecular weight excluding hydrogens is 398 g/mol. The quantitative estimate of drug-likeness (QED) is 0.512. The summed E-state index contributed by atoms with van der Waals surface area (Å²) in [5.41, 5.74) is 8.63. The van der Waals surface area contributed by atoms with Gasteiger partial charge in [-0.05, 0) is 49.2 Å². The van der Waals surface area contributed by atoms with Crippen molar-refractivity contribution in [3.05, 3.63) is 63.7 Å². The van der Waals surface area contributed by atoms with Gasteiger partial charge in [0.1, 0.15) is 5.52 Å². The Hall–Kier alpha value is -4.14. The van der Waals surface area contributed by atoms with Gasteiger partial charge in [0, 0.05) is 0 Å². The van der Waals surface area contributed by atoms with Crippen LogP contribution in [0, 0.1) is 13.8 Å². The number of nitrogens with zero attached hydrogens (tertiary/aromatic N) is 3. The highest BCUT2D eigenvalue weighted by atomic mass is 16.5. The molecule has 0 saturated carbocycles. The fourth-order valence-corrected chi connectivity index (χ4v) is 3.45. The van der Waals surface area contributed by atoms with Gasteiger partial charge in [-0.3, -0.25) is 4.79 Å². The number of aromatic amines is 1. The van der Waals surface area contributed by atoms with Gasteiger partial charge in [0.2, 0.25) is 0 Å². The van der Waals surface area contributed by atoms with Crippen LogP contribution in [0.4, 0.5) is 0 Å². The molecule has 9 nitrogen and oxygen atoms in total. The molecule has 158 valence electrons. The first-order valence-electron chi connectivity index (χ1n) is 9.47. The van der Waals surface area contributed by atoms with Gasteiger partial charge >= 0.3 is 5.69 Å². The fraction of sp³-hybridized carbons (Fsp3) is 0.182. The Morgan fingerprint density at radius 2 is 1.84 bits per heavy atom. The zero-order valence-corrected chi connectivity index (χ0v) is 17.5. The molecule has 3 N–H and O–H groups in total. The van der Waals surface area contributed by atoms with Crippen LogP contribution in [-0.4, -0.2) is 39.6 Å². The molecule has 1 amide bonds. The van der Waals surface area contributed by atoms with E-state index in [4.69, 9.17) is 15.2 Å². The fourth-order valence-electron chi connectivity index (χ4n) is 3.45. The molecule has 0 aliphatic heterocycles. The number of rotatable bonds is 5. The Morgan fingerprint density at radius 3 is 2.48 bits per heavy atom. The number of amides is 1. The lowest BCUT2D eigenvalue weighted by Gasteiger charge is -2.12. The summed E-state index contributed by atoms with van der Waals surface area (Å²) in [4.78, 5) is 36.6. The van der Waals surface area contributed by atoms with E-state index in [0.29, 0.717) is 22.7 Å². The first kappa shape index (κ1) is 20.1. The monoisotopic (exact) mass is 419 g/mol. The Morgan fingerprint density at radius 1 is 1.06 bits per heavy atom. The van der Waals surface area contributed by atoms with E-state index in [1.807, 2.05) is 32.0 Å². The normalized spacial score (nSPS) is 11.0. The van der Waals surface area contributed by atoms with Crippen LogP contribution in [-0.2, 0) is 0 Å². The number of hydrogen-bond acceptors (Lipinski definition) is 6. The summed E-state index contributed by atoms with van der Waals surface area (Å²) >= 11 is 0. The Kier molecular flexibility index (Phi) is 4.94. The number of aromatic nitrogens is 4. The molecule has 0 bridgehead atoms. The SMILES string of the molecule is COc1cccc(-c2nc(C(N)=O)c3[nH]c(=O)n(-c4ccc(C)c(C)c4)c3n2)c1OC. The van der Waals surface area contributed by atoms with Gasteiger partial charge < -0.3 is 20.2 Å². The second-order valence-corrected chi connectivity index (χ2v) is 7.03. The van der Waals surface area contributed by atoms with Crippen LogP contribution in [0.25, 0.3) is 28.2 Å². The average Bonchev–Trinajstić information content (AvgIpc) is 3.09. The van der Waals surface area contributed by atoms with Crippen molar-refractivity contribution >= 4 is 17.1 Å². The number of hydrogen-bond donors (Lipinski definition) is 2. The van der Waals surface area contributed by atoms with Crippen molar-refractivity contribution in [1.29, 1.82) is 0 Å². The Labute approximate surface area is 177 Å². The van der Waals surface area contributed by atoms with Crippen molar-refractivity contribution in [1.82, 2.24) is 19.5 Å². The van der Waals surface area contributed by atoms with Crippen LogP contribution in [0.2, 0.25) is 0 Å². The molecule has 2 heterocycles. The number of benzene rings is 2. The van der Waals surface area contributed by atoms with Crippen LogP contribution in [0.3, 0.4) is 0 Å². The number of nitrogens with two attached hydrogens (primary N) is 1. The maximum atomic E-state index is 12.8. The van der Waals surface area contributed by atoms with E-state index in [1.165, 1.54) is 18.8 Å². The summed E-state index contributed by atoms with van der Waals surface area (Å²) < 4.78 is 12.2. The van der Waals surface area contributed by atoms with E-state index >= 15 is 0 Å². The molecule has 0 spiro atoms. The molecule has 0 saturated heterocycles. The number of carbonyl (C=O) groups is 1. The summed E-state index contributed by atoms with van der Waals surface area (Å²) in [5.74, 6) is 0.262. The molecule has 0 unspecified atom stereocenters. The summed E-state index contributed by atoms with van der Waals surface area (Å²) in [6, 6.07) is 10.8. The topological polar surface area (TPSA) is 125 Å². The number of primary amides is 1. The molecule has 2 aromatic carbocycles. The predicted octanol–water partition coefficient (Wildman–Crippen LogP) is 2.51. The minimum absolute atomic E-state index is 0.0930. The van der Waals surface area contributed by atoms with Crippen molar-refractivity contribution in [3.8, 4) is 28.6 Å². The van der Waals surface area contributed by atoms with Gasteiger partial charge in [0.25, 0.3) is 5.91 Å². The van der Waals surface area contributed by atoms with Crippen LogP contribution >= 0.6 is 0 Å². The number of carbonyl (C=O) groups excluding carboxylic acids is 1. The molecule has 0 atom stereocenters. The first-order valence-corrected chi connectivity index (χ1v) is 9.47. The third-order valence-corrected chi connectivity index (χ3v) is 5.16. The van der Waals surface area contributed by atoms with Gasteiger partial charge in [-0.25, -0.2) is 19.3 Å². The Bertz CT molecular complexity index is 1390. The van der Waals surface area contributed by atoms with E-state index in [-0.39, 0.29) is 22.7 Å². The number of ether oxygens (including phenoxy) is 2. The summed E-state index contributed by atoms with van der Waals surface area (Å²) in [7, 11) is 3.01. The lowest BCUT2D eigenvalue weighted by molar-refractivity contribution is 0.0997. The smallest absolute Gasteiger partial charge is 0.332 e. The van der Waals surface area contributed by atoms with Gasteiger partial charge in [-0.15, -0.1) is 0 Å². The molecule has 4 aromatic rings. The van der Waals surface area contributed by atoms with Gasteiger partial charge in [-0.2, -0.15) is 0 Å². The molecule has 0 fully saturated rings. The number of imidazole rings is 1.